The number of pyridine rings is 1. The lowest BCUT2D eigenvalue weighted by Crippen LogP contribution is -2.28. The van der Waals surface area contributed by atoms with Crippen LogP contribution in [0.3, 0.4) is 0 Å². The van der Waals surface area contributed by atoms with Gasteiger partial charge in [-0.3, -0.25) is 18.9 Å². The van der Waals surface area contributed by atoms with Crippen LogP contribution in [-0.2, 0) is 4.79 Å². The summed E-state index contributed by atoms with van der Waals surface area (Å²) in [5.74, 6) is 0.246. The molecule has 0 aromatic carbocycles. The van der Waals surface area contributed by atoms with Crippen molar-refractivity contribution in [1.82, 2.24) is 14.3 Å². The van der Waals surface area contributed by atoms with E-state index in [9.17, 15) is 9.59 Å². The fraction of sp³-hybridized carbons (Fsp3) is 0.222. The van der Waals surface area contributed by atoms with Gasteiger partial charge in [0.1, 0.15) is 15.8 Å². The van der Waals surface area contributed by atoms with Crippen LogP contribution in [0.1, 0.15) is 18.9 Å². The summed E-state index contributed by atoms with van der Waals surface area (Å²) in [4.78, 5) is 31.9. The minimum absolute atomic E-state index is 0.223. The van der Waals surface area contributed by atoms with Crippen LogP contribution in [-0.4, -0.2) is 37.6 Å². The minimum atomic E-state index is -0.233. The average Bonchev–Trinajstić information content (AvgIpc) is 2.90. The largest absolute Gasteiger partial charge is 0.369 e. The third kappa shape index (κ3) is 3.42. The lowest BCUT2D eigenvalue weighted by molar-refractivity contribution is -0.121. The number of nitrogens with one attached hydrogen (secondary N) is 1. The van der Waals surface area contributed by atoms with Gasteiger partial charge >= 0.3 is 0 Å². The van der Waals surface area contributed by atoms with Crippen LogP contribution in [0.25, 0.3) is 11.7 Å². The van der Waals surface area contributed by atoms with Crippen molar-refractivity contribution in [2.24, 2.45) is 0 Å². The molecular weight excluding hydrogens is 368 g/mol. The summed E-state index contributed by atoms with van der Waals surface area (Å²) in [7, 11) is 0. The lowest BCUT2D eigenvalue weighted by atomic mass is 10.2. The Labute approximate surface area is 160 Å². The van der Waals surface area contributed by atoms with Gasteiger partial charge in [0.05, 0.1) is 10.5 Å². The molecule has 2 aromatic heterocycles. The third-order valence-corrected chi connectivity index (χ3v) is 5.15. The van der Waals surface area contributed by atoms with Crippen molar-refractivity contribution in [2.45, 2.75) is 13.3 Å². The van der Waals surface area contributed by atoms with Gasteiger partial charge in [0.15, 0.2) is 0 Å². The Bertz CT molecular complexity index is 981. The molecule has 6 nitrogen and oxygen atoms in total. The molecule has 3 heterocycles. The van der Waals surface area contributed by atoms with Crippen LogP contribution in [0.4, 0.5) is 5.82 Å². The highest BCUT2D eigenvalue weighted by molar-refractivity contribution is 8.26. The summed E-state index contributed by atoms with van der Waals surface area (Å²) in [6.07, 6.45) is 5.74. The molecule has 134 valence electrons. The van der Waals surface area contributed by atoms with E-state index < -0.39 is 0 Å². The number of thiocarbonyl (C=S) groups is 1. The first-order chi connectivity index (χ1) is 12.6. The van der Waals surface area contributed by atoms with E-state index in [0.29, 0.717) is 39.3 Å². The van der Waals surface area contributed by atoms with Crippen LogP contribution >= 0.6 is 24.0 Å². The monoisotopic (exact) mass is 386 g/mol. The molecule has 0 aliphatic carbocycles. The average molecular weight is 387 g/mol. The summed E-state index contributed by atoms with van der Waals surface area (Å²) in [6, 6.07) is 5.36. The predicted molar refractivity (Wildman–Crippen MR) is 110 cm³/mol. The van der Waals surface area contributed by atoms with E-state index in [1.165, 1.54) is 21.1 Å². The second kappa shape index (κ2) is 7.84. The van der Waals surface area contributed by atoms with Crippen LogP contribution in [0.15, 0.2) is 46.8 Å². The SMILES string of the molecule is C=CCN1C(=O)/C(=C\c2c(NCCC)nc3ccccn3c2=O)SC1=S. The maximum atomic E-state index is 13.0. The molecule has 8 heteroatoms. The normalized spacial score (nSPS) is 15.9. The molecule has 0 atom stereocenters. The van der Waals surface area contributed by atoms with Crippen LogP contribution in [0.5, 0.6) is 0 Å². The highest BCUT2D eigenvalue weighted by Crippen LogP contribution is 2.32. The van der Waals surface area contributed by atoms with E-state index in [2.05, 4.69) is 16.9 Å². The number of thioether (sulfide) groups is 1. The Morgan fingerprint density at radius 1 is 1.38 bits per heavy atom. The number of nitrogens with zero attached hydrogens (tertiary/aromatic N) is 3. The van der Waals surface area contributed by atoms with Gasteiger partial charge in [-0.2, -0.15) is 0 Å². The van der Waals surface area contributed by atoms with Crippen molar-refractivity contribution in [1.29, 1.82) is 0 Å². The molecule has 0 bridgehead atoms. The number of aromatic nitrogens is 2. The van der Waals surface area contributed by atoms with E-state index in [1.807, 2.05) is 13.0 Å². The van der Waals surface area contributed by atoms with E-state index in [0.717, 1.165) is 6.42 Å². The molecule has 0 radical (unpaired) electrons. The van der Waals surface area contributed by atoms with Gasteiger partial charge in [0.2, 0.25) is 0 Å². The molecule has 3 rings (SSSR count). The third-order valence-electron chi connectivity index (χ3n) is 3.77. The number of hydrogen-bond acceptors (Lipinski definition) is 6. The maximum absolute atomic E-state index is 13.0. The summed E-state index contributed by atoms with van der Waals surface area (Å²) in [6.45, 7) is 6.69. The predicted octanol–water partition coefficient (Wildman–Crippen LogP) is 2.90. The number of rotatable bonds is 6. The quantitative estimate of drug-likeness (QED) is 0.468. The molecule has 0 unspecified atom stereocenters. The summed E-state index contributed by atoms with van der Waals surface area (Å²) in [5.41, 5.74) is 0.664. The van der Waals surface area contributed by atoms with Crippen LogP contribution in [0.2, 0.25) is 0 Å². The van der Waals surface area contributed by atoms with Crippen molar-refractivity contribution in [2.75, 3.05) is 18.4 Å². The van der Waals surface area contributed by atoms with Gasteiger partial charge in [-0.15, -0.1) is 6.58 Å². The van der Waals surface area contributed by atoms with E-state index in [-0.39, 0.29) is 11.5 Å². The lowest BCUT2D eigenvalue weighted by Gasteiger charge is -2.11. The van der Waals surface area contributed by atoms with Gasteiger partial charge in [-0.25, -0.2) is 4.98 Å². The van der Waals surface area contributed by atoms with Gasteiger partial charge in [-0.1, -0.05) is 43.0 Å². The number of carbonyl (C=O) groups excluding carboxylic acids is 1. The van der Waals surface area contributed by atoms with Crippen molar-refractivity contribution < 1.29 is 4.79 Å². The highest BCUT2D eigenvalue weighted by Gasteiger charge is 2.31. The van der Waals surface area contributed by atoms with Crippen LogP contribution < -0.4 is 10.9 Å². The van der Waals surface area contributed by atoms with Crippen molar-refractivity contribution in [3.8, 4) is 0 Å². The number of fused-ring (bicyclic) bond motifs is 1. The molecule has 1 saturated heterocycles. The molecule has 1 amide bonds. The Hall–Kier alpha value is -2.45. The first-order valence-corrected chi connectivity index (χ1v) is 9.40. The van der Waals surface area contributed by atoms with Crippen molar-refractivity contribution in [3.05, 3.63) is 57.9 Å². The standard InChI is InChI=1S/C18H18N4O2S2/c1-3-8-19-15-12(16(23)21-10-6-5-7-14(21)20-15)11-13-17(24)22(9-4-2)18(25)26-13/h4-7,10-11,19H,2-3,8-9H2,1H3/b13-11+. The smallest absolute Gasteiger partial charge is 0.267 e. The Morgan fingerprint density at radius 2 is 2.19 bits per heavy atom. The molecule has 26 heavy (non-hydrogen) atoms. The fourth-order valence-corrected chi connectivity index (χ4v) is 3.79. The Morgan fingerprint density at radius 3 is 2.92 bits per heavy atom. The minimum Gasteiger partial charge on any atom is -0.369 e. The van der Waals surface area contributed by atoms with Crippen molar-refractivity contribution in [3.63, 3.8) is 0 Å². The topological polar surface area (TPSA) is 66.7 Å². The molecule has 0 spiro atoms. The number of anilines is 1. The first-order valence-electron chi connectivity index (χ1n) is 8.18. The summed E-state index contributed by atoms with van der Waals surface area (Å²) >= 11 is 6.43. The molecule has 1 fully saturated rings. The highest BCUT2D eigenvalue weighted by atomic mass is 32.2. The Balaban J connectivity index is 2.13. The van der Waals surface area contributed by atoms with Crippen molar-refractivity contribution >= 4 is 51.7 Å². The first kappa shape index (κ1) is 18.3. The molecule has 1 aliphatic rings. The summed E-state index contributed by atoms with van der Waals surface area (Å²) in [5, 5.41) is 3.18. The number of carbonyl (C=O) groups is 1. The molecule has 1 aliphatic heterocycles. The maximum Gasteiger partial charge on any atom is 0.267 e. The zero-order valence-electron chi connectivity index (χ0n) is 14.3. The van der Waals surface area contributed by atoms with Crippen LogP contribution in [0, 0.1) is 0 Å². The van der Waals surface area contributed by atoms with Gasteiger partial charge in [-0.05, 0) is 24.6 Å². The second-order valence-corrected chi connectivity index (χ2v) is 7.29. The number of hydrogen-bond donors (Lipinski definition) is 1. The second-order valence-electron chi connectivity index (χ2n) is 5.62. The summed E-state index contributed by atoms with van der Waals surface area (Å²) < 4.78 is 1.92. The van der Waals surface area contributed by atoms with E-state index in [1.54, 1.807) is 30.5 Å². The van der Waals surface area contributed by atoms with Gasteiger partial charge in [0.25, 0.3) is 11.5 Å². The zero-order chi connectivity index (χ0) is 18.7. The molecule has 1 N–H and O–H groups in total. The molecular formula is C18H18N4O2S2. The van der Waals surface area contributed by atoms with Gasteiger partial charge in [0, 0.05) is 19.3 Å². The number of amides is 1. The van der Waals surface area contributed by atoms with Gasteiger partial charge < -0.3 is 5.32 Å². The Kier molecular flexibility index (Phi) is 5.53. The van der Waals surface area contributed by atoms with E-state index >= 15 is 0 Å². The molecule has 0 saturated carbocycles. The van der Waals surface area contributed by atoms with E-state index in [4.69, 9.17) is 12.2 Å². The fourth-order valence-electron chi connectivity index (χ4n) is 2.53. The molecule has 2 aromatic rings. The zero-order valence-corrected chi connectivity index (χ0v) is 15.9.